The van der Waals surface area contributed by atoms with Crippen molar-refractivity contribution in [2.24, 2.45) is 0 Å². The first-order chi connectivity index (χ1) is 9.08. The molecule has 0 unspecified atom stereocenters. The Balaban J connectivity index is 1.79. The largest absolute Gasteiger partial charge is 0.480 e. The molecule has 1 fully saturated rings. The van der Waals surface area contributed by atoms with Crippen molar-refractivity contribution in [3.05, 3.63) is 21.3 Å². The molecule has 2 amide bonds. The summed E-state index contributed by atoms with van der Waals surface area (Å²) >= 11 is 7.30. The summed E-state index contributed by atoms with van der Waals surface area (Å²) in [5, 5.41) is 11.8. The quantitative estimate of drug-likeness (QED) is 0.896. The molecule has 19 heavy (non-hydrogen) atoms. The molecule has 1 aromatic heterocycles. The highest BCUT2D eigenvalue weighted by atomic mass is 35.5. The van der Waals surface area contributed by atoms with Crippen LogP contribution in [0.1, 0.15) is 17.7 Å². The molecule has 0 aliphatic carbocycles. The van der Waals surface area contributed by atoms with E-state index in [1.54, 1.807) is 0 Å². The molecule has 7 heteroatoms. The van der Waals surface area contributed by atoms with E-state index in [2.05, 4.69) is 5.32 Å². The summed E-state index contributed by atoms with van der Waals surface area (Å²) in [6.07, 6.45) is 1.98. The van der Waals surface area contributed by atoms with Gasteiger partial charge in [0.15, 0.2) is 0 Å². The molecule has 104 valence electrons. The number of urea groups is 1. The van der Waals surface area contributed by atoms with Crippen molar-refractivity contribution in [1.82, 2.24) is 10.2 Å². The number of carbonyl (C=O) groups excluding carboxylic acids is 1. The number of carboxylic acid groups (broad SMARTS) is 1. The number of likely N-dealkylation sites (tertiary alicyclic amines) is 1. The van der Waals surface area contributed by atoms with Crippen molar-refractivity contribution in [1.29, 1.82) is 0 Å². The minimum Gasteiger partial charge on any atom is -0.480 e. The van der Waals surface area contributed by atoms with Gasteiger partial charge in [-0.25, -0.2) is 9.59 Å². The highest BCUT2D eigenvalue weighted by molar-refractivity contribution is 7.16. The van der Waals surface area contributed by atoms with Gasteiger partial charge in [-0.15, -0.1) is 11.3 Å². The average Bonchev–Trinajstić information content (AvgIpc) is 2.97. The highest BCUT2D eigenvalue weighted by Crippen LogP contribution is 2.21. The lowest BCUT2D eigenvalue weighted by atomic mass is 10.2. The molecule has 0 bridgehead atoms. The number of aliphatic carboxylic acids is 1. The third-order valence-corrected chi connectivity index (χ3v) is 4.37. The third kappa shape index (κ3) is 3.61. The Hall–Kier alpha value is -1.27. The summed E-state index contributed by atoms with van der Waals surface area (Å²) < 4.78 is 0.729. The molecular formula is C12H15ClN2O3S. The van der Waals surface area contributed by atoms with Gasteiger partial charge in [-0.1, -0.05) is 11.6 Å². The van der Waals surface area contributed by atoms with E-state index >= 15 is 0 Å². The van der Waals surface area contributed by atoms with Gasteiger partial charge in [-0.2, -0.15) is 0 Å². The molecule has 2 N–H and O–H groups in total. The van der Waals surface area contributed by atoms with Crippen LogP contribution >= 0.6 is 22.9 Å². The molecule has 2 rings (SSSR count). The molecule has 2 heterocycles. The highest BCUT2D eigenvalue weighted by Gasteiger charge is 2.33. The molecule has 1 saturated heterocycles. The normalized spacial score (nSPS) is 18.6. The summed E-state index contributed by atoms with van der Waals surface area (Å²) in [7, 11) is 0. The van der Waals surface area contributed by atoms with Crippen molar-refractivity contribution < 1.29 is 14.7 Å². The molecule has 5 nitrogen and oxygen atoms in total. The number of carbonyl (C=O) groups is 2. The van der Waals surface area contributed by atoms with Crippen LogP contribution in [0.2, 0.25) is 4.34 Å². The van der Waals surface area contributed by atoms with Gasteiger partial charge in [0, 0.05) is 18.0 Å². The number of thiophene rings is 1. The number of hydrogen-bond acceptors (Lipinski definition) is 3. The van der Waals surface area contributed by atoms with Crippen molar-refractivity contribution >= 4 is 34.9 Å². The Kier molecular flexibility index (Phi) is 4.66. The van der Waals surface area contributed by atoms with E-state index in [1.807, 2.05) is 12.1 Å². The van der Waals surface area contributed by atoms with Crippen LogP contribution in [0.4, 0.5) is 4.79 Å². The number of carboxylic acids is 1. The lowest BCUT2D eigenvalue weighted by molar-refractivity contribution is -0.141. The molecular weight excluding hydrogens is 288 g/mol. The molecule has 0 spiro atoms. The SMILES string of the molecule is O=C(O)[C@H]1CCCN1C(=O)NCCc1ccc(Cl)s1. The standard InChI is InChI=1S/C12H15ClN2O3S/c13-10-4-3-8(19-10)5-6-14-12(18)15-7-1-2-9(15)11(16)17/h3-4,9H,1-2,5-7H2,(H,14,18)(H,16,17)/t9-/m1/s1. The number of amides is 2. The van der Waals surface area contributed by atoms with Crippen molar-refractivity contribution in [3.63, 3.8) is 0 Å². The van der Waals surface area contributed by atoms with Crippen LogP contribution in [0.3, 0.4) is 0 Å². The summed E-state index contributed by atoms with van der Waals surface area (Å²) in [5.74, 6) is -0.933. The van der Waals surface area contributed by atoms with Crippen LogP contribution < -0.4 is 5.32 Å². The predicted octanol–water partition coefficient (Wildman–Crippen LogP) is 2.20. The number of nitrogens with one attached hydrogen (secondary N) is 1. The van der Waals surface area contributed by atoms with E-state index in [0.717, 1.165) is 15.6 Å². The van der Waals surface area contributed by atoms with Gasteiger partial charge in [0.05, 0.1) is 4.34 Å². The summed E-state index contributed by atoms with van der Waals surface area (Å²) in [4.78, 5) is 25.4. The molecule has 1 aliphatic heterocycles. The molecule has 0 saturated carbocycles. The zero-order valence-electron chi connectivity index (χ0n) is 10.3. The van der Waals surface area contributed by atoms with Gasteiger partial charge in [0.25, 0.3) is 0 Å². The first-order valence-corrected chi connectivity index (χ1v) is 7.29. The summed E-state index contributed by atoms with van der Waals surface area (Å²) in [6, 6.07) is 2.77. The summed E-state index contributed by atoms with van der Waals surface area (Å²) in [5.41, 5.74) is 0. The maximum Gasteiger partial charge on any atom is 0.326 e. The topological polar surface area (TPSA) is 69.6 Å². The first-order valence-electron chi connectivity index (χ1n) is 6.09. The van der Waals surface area contributed by atoms with Gasteiger partial charge in [0.1, 0.15) is 6.04 Å². The van der Waals surface area contributed by atoms with E-state index in [4.69, 9.17) is 16.7 Å². The predicted molar refractivity (Wildman–Crippen MR) is 73.8 cm³/mol. The number of rotatable bonds is 4. The van der Waals surface area contributed by atoms with Crippen LogP contribution in [-0.2, 0) is 11.2 Å². The van der Waals surface area contributed by atoms with Gasteiger partial charge in [0.2, 0.25) is 0 Å². The fourth-order valence-corrected chi connectivity index (χ4v) is 3.23. The van der Waals surface area contributed by atoms with Crippen LogP contribution in [0.25, 0.3) is 0 Å². The zero-order chi connectivity index (χ0) is 13.8. The molecule has 1 aliphatic rings. The average molecular weight is 303 g/mol. The minimum atomic E-state index is -0.933. The Morgan fingerprint density at radius 1 is 1.53 bits per heavy atom. The Morgan fingerprint density at radius 3 is 2.95 bits per heavy atom. The van der Waals surface area contributed by atoms with Gasteiger partial charge >= 0.3 is 12.0 Å². The maximum atomic E-state index is 11.9. The van der Waals surface area contributed by atoms with Gasteiger partial charge in [-0.3, -0.25) is 0 Å². The van der Waals surface area contributed by atoms with Crippen molar-refractivity contribution in [2.45, 2.75) is 25.3 Å². The lowest BCUT2D eigenvalue weighted by Gasteiger charge is -2.21. The molecule has 1 atom stereocenters. The lowest BCUT2D eigenvalue weighted by Crippen LogP contribution is -2.46. The monoisotopic (exact) mass is 302 g/mol. The maximum absolute atomic E-state index is 11.9. The number of nitrogens with zero attached hydrogens (tertiary/aromatic N) is 1. The summed E-state index contributed by atoms with van der Waals surface area (Å²) in [6.45, 7) is 0.992. The van der Waals surface area contributed by atoms with Crippen LogP contribution in [0, 0.1) is 0 Å². The van der Waals surface area contributed by atoms with Gasteiger partial charge in [-0.05, 0) is 31.4 Å². The zero-order valence-corrected chi connectivity index (χ0v) is 11.8. The van der Waals surface area contributed by atoms with E-state index in [9.17, 15) is 9.59 Å². The van der Waals surface area contributed by atoms with Crippen LogP contribution in [0.15, 0.2) is 12.1 Å². The van der Waals surface area contributed by atoms with Crippen LogP contribution in [-0.4, -0.2) is 41.1 Å². The smallest absolute Gasteiger partial charge is 0.326 e. The second-order valence-electron chi connectivity index (χ2n) is 4.38. The number of halogens is 1. The van der Waals surface area contributed by atoms with E-state index in [1.165, 1.54) is 16.2 Å². The van der Waals surface area contributed by atoms with E-state index in [0.29, 0.717) is 25.9 Å². The second kappa shape index (κ2) is 6.25. The molecule has 1 aromatic rings. The Labute approximate surface area is 120 Å². The van der Waals surface area contributed by atoms with Crippen LogP contribution in [0.5, 0.6) is 0 Å². The van der Waals surface area contributed by atoms with Crippen molar-refractivity contribution in [3.8, 4) is 0 Å². The third-order valence-electron chi connectivity index (χ3n) is 3.08. The Morgan fingerprint density at radius 2 is 2.32 bits per heavy atom. The Bertz CT molecular complexity index is 477. The number of hydrogen-bond donors (Lipinski definition) is 2. The second-order valence-corrected chi connectivity index (χ2v) is 6.18. The molecule has 0 radical (unpaired) electrons. The fraction of sp³-hybridized carbons (Fsp3) is 0.500. The van der Waals surface area contributed by atoms with Crippen molar-refractivity contribution in [2.75, 3.05) is 13.1 Å². The minimum absolute atomic E-state index is 0.299. The first kappa shape index (κ1) is 14.1. The van der Waals surface area contributed by atoms with E-state index in [-0.39, 0.29) is 6.03 Å². The van der Waals surface area contributed by atoms with Gasteiger partial charge < -0.3 is 15.3 Å². The van der Waals surface area contributed by atoms with E-state index < -0.39 is 12.0 Å². The fourth-order valence-electron chi connectivity index (χ4n) is 2.15. The molecule has 0 aromatic carbocycles.